The second-order valence-corrected chi connectivity index (χ2v) is 4.68. The summed E-state index contributed by atoms with van der Waals surface area (Å²) in [5, 5.41) is 0. The standard InChI is InChI=1S/C11H14O3/c1-2-14-10(13)11-6-3-4-7(11)9(11)8(12)5-6/h6-7,9H,2-5H2,1H3/t6-,7+,9+,11-/m1/s1. The number of esters is 1. The lowest BCUT2D eigenvalue weighted by Gasteiger charge is -2.15. The van der Waals surface area contributed by atoms with Crippen molar-refractivity contribution in [3.05, 3.63) is 0 Å². The fourth-order valence-electron chi connectivity index (χ4n) is 3.90. The molecule has 4 atom stereocenters. The van der Waals surface area contributed by atoms with E-state index >= 15 is 0 Å². The monoisotopic (exact) mass is 194 g/mol. The normalized spacial score (nSPS) is 47.8. The van der Waals surface area contributed by atoms with E-state index in [1.807, 2.05) is 6.92 Å². The maximum absolute atomic E-state index is 11.8. The lowest BCUT2D eigenvalue weighted by Crippen LogP contribution is -2.24. The van der Waals surface area contributed by atoms with Crippen LogP contribution in [0.15, 0.2) is 0 Å². The maximum Gasteiger partial charge on any atom is 0.313 e. The van der Waals surface area contributed by atoms with Crippen LogP contribution in [-0.4, -0.2) is 18.4 Å². The first-order chi connectivity index (χ1) is 6.72. The Labute approximate surface area is 82.8 Å². The molecule has 3 aliphatic carbocycles. The molecule has 0 aromatic rings. The predicted octanol–water partition coefficient (Wildman–Crippen LogP) is 1.16. The van der Waals surface area contributed by atoms with Crippen molar-refractivity contribution >= 4 is 11.8 Å². The van der Waals surface area contributed by atoms with Crippen LogP contribution in [0.25, 0.3) is 0 Å². The largest absolute Gasteiger partial charge is 0.466 e. The molecule has 0 aliphatic heterocycles. The Hall–Kier alpha value is -0.860. The van der Waals surface area contributed by atoms with Crippen LogP contribution in [0, 0.1) is 23.2 Å². The molecule has 0 amide bonds. The van der Waals surface area contributed by atoms with Gasteiger partial charge < -0.3 is 4.74 Å². The van der Waals surface area contributed by atoms with E-state index in [1.165, 1.54) is 0 Å². The van der Waals surface area contributed by atoms with Gasteiger partial charge in [0.1, 0.15) is 5.78 Å². The number of ether oxygens (including phenoxy) is 1. The third-order valence-corrected chi connectivity index (χ3v) is 4.35. The summed E-state index contributed by atoms with van der Waals surface area (Å²) in [4.78, 5) is 23.4. The molecule has 0 unspecified atom stereocenters. The van der Waals surface area contributed by atoms with Crippen molar-refractivity contribution in [1.82, 2.24) is 0 Å². The molecule has 3 aliphatic rings. The summed E-state index contributed by atoms with van der Waals surface area (Å²) in [7, 11) is 0. The second-order valence-electron chi connectivity index (χ2n) is 4.68. The maximum atomic E-state index is 11.8. The molecule has 0 heterocycles. The van der Waals surface area contributed by atoms with E-state index in [0.717, 1.165) is 12.8 Å². The average Bonchev–Trinajstić information content (AvgIpc) is 2.64. The third kappa shape index (κ3) is 0.677. The molecular formula is C11H14O3. The molecule has 0 aromatic carbocycles. The van der Waals surface area contributed by atoms with Gasteiger partial charge in [-0.1, -0.05) is 0 Å². The molecule has 14 heavy (non-hydrogen) atoms. The Morgan fingerprint density at radius 3 is 2.93 bits per heavy atom. The quantitative estimate of drug-likeness (QED) is 0.620. The van der Waals surface area contributed by atoms with Crippen molar-refractivity contribution in [3.63, 3.8) is 0 Å². The number of ketones is 1. The number of carbonyl (C=O) groups excluding carboxylic acids is 2. The van der Waals surface area contributed by atoms with Crippen LogP contribution in [0.5, 0.6) is 0 Å². The summed E-state index contributed by atoms with van der Waals surface area (Å²) in [6.45, 7) is 2.26. The molecule has 3 saturated carbocycles. The zero-order valence-electron chi connectivity index (χ0n) is 8.29. The number of hydrogen-bond acceptors (Lipinski definition) is 3. The van der Waals surface area contributed by atoms with Crippen LogP contribution >= 0.6 is 0 Å². The molecule has 3 fully saturated rings. The zero-order valence-corrected chi connectivity index (χ0v) is 8.29. The molecule has 3 rings (SSSR count). The minimum Gasteiger partial charge on any atom is -0.466 e. The average molecular weight is 194 g/mol. The molecule has 3 heteroatoms. The summed E-state index contributed by atoms with van der Waals surface area (Å²) in [5.74, 6) is 0.908. The van der Waals surface area contributed by atoms with Crippen LogP contribution in [-0.2, 0) is 14.3 Å². The molecular weight excluding hydrogens is 180 g/mol. The van der Waals surface area contributed by atoms with E-state index < -0.39 is 0 Å². The molecule has 0 N–H and O–H groups in total. The van der Waals surface area contributed by atoms with E-state index in [9.17, 15) is 9.59 Å². The van der Waals surface area contributed by atoms with Crippen LogP contribution < -0.4 is 0 Å². The summed E-state index contributed by atoms with van der Waals surface area (Å²) in [6.07, 6.45) is 2.73. The van der Waals surface area contributed by atoms with Gasteiger partial charge in [0.15, 0.2) is 0 Å². The van der Waals surface area contributed by atoms with Gasteiger partial charge in [0.2, 0.25) is 0 Å². The Kier molecular flexibility index (Phi) is 1.44. The lowest BCUT2D eigenvalue weighted by molar-refractivity contribution is -0.151. The van der Waals surface area contributed by atoms with E-state index in [2.05, 4.69) is 0 Å². The fourth-order valence-corrected chi connectivity index (χ4v) is 3.90. The highest BCUT2D eigenvalue weighted by molar-refractivity contribution is 6.00. The van der Waals surface area contributed by atoms with Crippen LogP contribution in [0.3, 0.4) is 0 Å². The third-order valence-electron chi connectivity index (χ3n) is 4.35. The van der Waals surface area contributed by atoms with Gasteiger partial charge in [-0.05, 0) is 31.6 Å². The van der Waals surface area contributed by atoms with Crippen molar-refractivity contribution in [1.29, 1.82) is 0 Å². The SMILES string of the molecule is CCOC(=O)[C@]12[C@@H]3CC[C@H]1[C@H]2C(=O)C3. The number of rotatable bonds is 2. The van der Waals surface area contributed by atoms with Crippen molar-refractivity contribution in [3.8, 4) is 0 Å². The van der Waals surface area contributed by atoms with Crippen molar-refractivity contribution < 1.29 is 14.3 Å². The van der Waals surface area contributed by atoms with E-state index in [-0.39, 0.29) is 17.3 Å². The van der Waals surface area contributed by atoms with Gasteiger partial charge in [0, 0.05) is 12.3 Å². The van der Waals surface area contributed by atoms with Crippen molar-refractivity contribution in [2.45, 2.75) is 26.2 Å². The first-order valence-electron chi connectivity index (χ1n) is 5.42. The summed E-state index contributed by atoms with van der Waals surface area (Å²) in [6, 6.07) is 0. The lowest BCUT2D eigenvalue weighted by atomic mass is 9.92. The van der Waals surface area contributed by atoms with Gasteiger partial charge >= 0.3 is 5.97 Å². The molecule has 3 nitrogen and oxygen atoms in total. The highest BCUT2D eigenvalue weighted by Crippen LogP contribution is 2.76. The first kappa shape index (κ1) is 8.45. The number of carbonyl (C=O) groups is 2. The number of Topliss-reactive ketones (excluding diaryl/α,β-unsaturated/α-hetero) is 1. The minimum absolute atomic E-state index is 0.0419. The summed E-state index contributed by atoms with van der Waals surface area (Å²) < 4.78 is 5.11. The molecule has 0 aromatic heterocycles. The highest BCUT2D eigenvalue weighted by atomic mass is 16.5. The Morgan fingerprint density at radius 2 is 2.36 bits per heavy atom. The van der Waals surface area contributed by atoms with Crippen LogP contribution in [0.1, 0.15) is 26.2 Å². The second kappa shape index (κ2) is 2.38. The topological polar surface area (TPSA) is 43.4 Å². The van der Waals surface area contributed by atoms with Crippen LogP contribution in [0.4, 0.5) is 0 Å². The molecule has 0 radical (unpaired) electrons. The molecule has 0 saturated heterocycles. The van der Waals surface area contributed by atoms with Gasteiger partial charge in [-0.25, -0.2) is 0 Å². The van der Waals surface area contributed by atoms with Crippen molar-refractivity contribution in [2.75, 3.05) is 6.61 Å². The van der Waals surface area contributed by atoms with E-state index in [1.54, 1.807) is 0 Å². The fraction of sp³-hybridized carbons (Fsp3) is 0.818. The summed E-state index contributed by atoms with van der Waals surface area (Å²) >= 11 is 0. The Morgan fingerprint density at radius 1 is 1.57 bits per heavy atom. The number of fused-ring (bicyclic) bond motifs is 1. The minimum atomic E-state index is -0.340. The van der Waals surface area contributed by atoms with Crippen molar-refractivity contribution in [2.24, 2.45) is 23.2 Å². The van der Waals surface area contributed by atoms with Gasteiger partial charge in [0.25, 0.3) is 0 Å². The van der Waals surface area contributed by atoms with Crippen LogP contribution in [0.2, 0.25) is 0 Å². The smallest absolute Gasteiger partial charge is 0.313 e. The zero-order chi connectivity index (χ0) is 9.92. The van der Waals surface area contributed by atoms with Gasteiger partial charge in [0.05, 0.1) is 12.0 Å². The predicted molar refractivity (Wildman–Crippen MR) is 48.4 cm³/mol. The Bertz CT molecular complexity index is 322. The van der Waals surface area contributed by atoms with Gasteiger partial charge in [-0.2, -0.15) is 0 Å². The summed E-state index contributed by atoms with van der Waals surface area (Å²) in [5.41, 5.74) is -0.340. The van der Waals surface area contributed by atoms with Gasteiger partial charge in [-0.3, -0.25) is 9.59 Å². The van der Waals surface area contributed by atoms with E-state index in [0.29, 0.717) is 30.6 Å². The molecule has 0 bridgehead atoms. The number of hydrogen-bond donors (Lipinski definition) is 0. The first-order valence-corrected chi connectivity index (χ1v) is 5.42. The molecule has 0 spiro atoms. The highest BCUT2D eigenvalue weighted by Gasteiger charge is 2.82. The molecule has 76 valence electrons. The van der Waals surface area contributed by atoms with Gasteiger partial charge in [-0.15, -0.1) is 0 Å². The van der Waals surface area contributed by atoms with E-state index in [4.69, 9.17) is 4.74 Å². The Balaban J connectivity index is 1.92.